The molecule has 2 aromatic carbocycles. The number of nitrogens with one attached hydrogen (secondary N) is 2. The lowest BCUT2D eigenvalue weighted by molar-refractivity contribution is -0.137. The molecule has 0 spiro atoms. The van der Waals surface area contributed by atoms with Crippen LogP contribution >= 0.6 is 23.2 Å². The van der Waals surface area contributed by atoms with Crippen molar-refractivity contribution in [2.45, 2.75) is 25.9 Å². The first-order valence-electron chi connectivity index (χ1n) is 9.87. The molecule has 0 bridgehead atoms. The second kappa shape index (κ2) is 10.4. The minimum Gasteiger partial charge on any atom is -0.505 e. The molecule has 1 heterocycles. The third kappa shape index (κ3) is 6.06. The van der Waals surface area contributed by atoms with Crippen molar-refractivity contribution in [2.24, 2.45) is 0 Å². The van der Waals surface area contributed by atoms with Gasteiger partial charge in [0.2, 0.25) is 0 Å². The largest absolute Gasteiger partial charge is 0.505 e. The van der Waals surface area contributed by atoms with Crippen LogP contribution in [0.5, 0.6) is 5.75 Å². The van der Waals surface area contributed by atoms with E-state index < -0.39 is 29.4 Å². The number of pyridine rings is 1. The van der Waals surface area contributed by atoms with E-state index in [1.165, 1.54) is 16.8 Å². The van der Waals surface area contributed by atoms with E-state index in [2.05, 4.69) is 10.6 Å². The molecule has 0 aliphatic heterocycles. The molecule has 0 radical (unpaired) electrons. The Morgan fingerprint density at radius 3 is 2.30 bits per heavy atom. The lowest BCUT2D eigenvalue weighted by atomic mass is 10.0. The van der Waals surface area contributed by atoms with Crippen LogP contribution in [0.15, 0.2) is 59.5 Å². The summed E-state index contributed by atoms with van der Waals surface area (Å²) in [7, 11) is 0. The lowest BCUT2D eigenvalue weighted by Crippen LogP contribution is -2.36. The van der Waals surface area contributed by atoms with Gasteiger partial charge in [-0.25, -0.2) is 4.79 Å². The zero-order chi connectivity index (χ0) is 24.1. The van der Waals surface area contributed by atoms with Gasteiger partial charge in [-0.15, -0.1) is 0 Å². The Balaban J connectivity index is 1.83. The average Bonchev–Trinajstić information content (AvgIpc) is 2.75. The zero-order valence-corrected chi connectivity index (χ0v) is 19.0. The lowest BCUT2D eigenvalue weighted by Gasteiger charge is -2.19. The van der Waals surface area contributed by atoms with Crippen LogP contribution in [-0.4, -0.2) is 26.8 Å². The fourth-order valence-electron chi connectivity index (χ4n) is 3.19. The Bertz CT molecular complexity index is 1220. The third-order valence-electron chi connectivity index (χ3n) is 4.94. The molecule has 0 saturated carbocycles. The maximum atomic E-state index is 12.9. The van der Waals surface area contributed by atoms with Crippen molar-refractivity contribution in [2.75, 3.05) is 5.32 Å². The molecule has 10 heteroatoms. The number of carbonyl (C=O) groups excluding carboxylic acids is 1. The highest BCUT2D eigenvalue weighted by Gasteiger charge is 2.20. The zero-order valence-electron chi connectivity index (χ0n) is 17.5. The van der Waals surface area contributed by atoms with Crippen LogP contribution in [-0.2, 0) is 11.3 Å². The molecule has 0 aliphatic carbocycles. The molecule has 0 aliphatic rings. The number of rotatable bonds is 7. The van der Waals surface area contributed by atoms with E-state index in [0.717, 1.165) is 5.56 Å². The molecule has 0 saturated heterocycles. The maximum absolute atomic E-state index is 12.9. The SMILES string of the molecule is Cc1ccc([C@H](CC(=O)O)NC(=O)Nc2c(O)ccn(Cc3c(Cl)cccc3Cl)c2=O)cc1. The summed E-state index contributed by atoms with van der Waals surface area (Å²) >= 11 is 12.4. The van der Waals surface area contributed by atoms with Crippen LogP contribution < -0.4 is 16.2 Å². The standard InChI is InChI=1S/C23H21Cl2N3O5/c1-13-5-7-14(8-6-13)18(11-20(30)31)26-23(33)27-21-19(29)9-10-28(22(21)32)12-15-16(24)3-2-4-17(15)25/h2-10,18,29H,11-12H2,1H3,(H,30,31)(H2,26,27,33)/t18-/m0/s1. The van der Waals surface area contributed by atoms with E-state index in [1.807, 2.05) is 6.92 Å². The van der Waals surface area contributed by atoms with Gasteiger partial charge < -0.3 is 25.4 Å². The van der Waals surface area contributed by atoms with E-state index in [0.29, 0.717) is 21.2 Å². The van der Waals surface area contributed by atoms with Crippen LogP contribution in [0.3, 0.4) is 0 Å². The van der Waals surface area contributed by atoms with E-state index in [9.17, 15) is 24.6 Å². The number of aryl methyl sites for hydroxylation is 1. The quantitative estimate of drug-likeness (QED) is 0.387. The second-order valence-corrected chi connectivity index (χ2v) is 8.18. The normalized spacial score (nSPS) is 11.6. The molecular formula is C23H21Cl2N3O5. The first-order chi connectivity index (χ1) is 15.7. The van der Waals surface area contributed by atoms with Crippen molar-refractivity contribution in [3.05, 3.63) is 91.8 Å². The molecule has 0 unspecified atom stereocenters. The summed E-state index contributed by atoms with van der Waals surface area (Å²) in [6.07, 6.45) is 0.979. The maximum Gasteiger partial charge on any atom is 0.319 e. The number of aliphatic carboxylic acids is 1. The second-order valence-electron chi connectivity index (χ2n) is 7.37. The molecule has 0 fully saturated rings. The Kier molecular flexibility index (Phi) is 7.63. The van der Waals surface area contributed by atoms with Crippen molar-refractivity contribution in [1.29, 1.82) is 0 Å². The first kappa shape index (κ1) is 24.2. The van der Waals surface area contributed by atoms with E-state index in [1.54, 1.807) is 42.5 Å². The summed E-state index contributed by atoms with van der Waals surface area (Å²) < 4.78 is 1.23. The number of carboxylic acid groups (broad SMARTS) is 1. The van der Waals surface area contributed by atoms with Gasteiger partial charge in [-0.05, 0) is 30.7 Å². The van der Waals surface area contributed by atoms with Gasteiger partial charge in [0, 0.05) is 21.8 Å². The van der Waals surface area contributed by atoms with Crippen molar-refractivity contribution in [3.63, 3.8) is 0 Å². The number of urea groups is 1. The van der Waals surface area contributed by atoms with Gasteiger partial charge in [-0.1, -0.05) is 59.1 Å². The van der Waals surface area contributed by atoms with Gasteiger partial charge >= 0.3 is 12.0 Å². The van der Waals surface area contributed by atoms with Gasteiger partial charge in [-0.3, -0.25) is 9.59 Å². The first-order valence-corrected chi connectivity index (χ1v) is 10.6. The van der Waals surface area contributed by atoms with Crippen molar-refractivity contribution >= 4 is 40.9 Å². The molecule has 172 valence electrons. The predicted molar refractivity (Wildman–Crippen MR) is 126 cm³/mol. The number of benzene rings is 2. The van der Waals surface area contributed by atoms with Crippen LogP contribution in [0.4, 0.5) is 10.5 Å². The molecule has 4 N–H and O–H groups in total. The van der Waals surface area contributed by atoms with Crippen molar-refractivity contribution in [3.8, 4) is 5.75 Å². The monoisotopic (exact) mass is 489 g/mol. The molecule has 2 amide bonds. The van der Waals surface area contributed by atoms with Gasteiger partial charge in [-0.2, -0.15) is 0 Å². The third-order valence-corrected chi connectivity index (χ3v) is 5.64. The summed E-state index contributed by atoms with van der Waals surface area (Å²) in [6, 6.07) is 11.5. The van der Waals surface area contributed by atoms with Gasteiger partial charge in [0.25, 0.3) is 5.56 Å². The number of amides is 2. The fourth-order valence-corrected chi connectivity index (χ4v) is 3.71. The molecular weight excluding hydrogens is 469 g/mol. The van der Waals surface area contributed by atoms with Gasteiger partial charge in [0.15, 0.2) is 5.69 Å². The van der Waals surface area contributed by atoms with E-state index in [-0.39, 0.29) is 18.7 Å². The summed E-state index contributed by atoms with van der Waals surface area (Å²) in [6.45, 7) is 1.90. The number of anilines is 1. The molecule has 8 nitrogen and oxygen atoms in total. The van der Waals surface area contributed by atoms with Crippen LogP contribution in [0.25, 0.3) is 0 Å². The summed E-state index contributed by atoms with van der Waals surface area (Å²) in [4.78, 5) is 36.8. The number of hydrogen-bond donors (Lipinski definition) is 4. The molecule has 1 aromatic heterocycles. The van der Waals surface area contributed by atoms with Crippen LogP contribution in [0.2, 0.25) is 10.0 Å². The summed E-state index contributed by atoms with van der Waals surface area (Å²) in [5.41, 5.74) is 1.01. The fraction of sp³-hybridized carbons (Fsp3) is 0.174. The number of hydrogen-bond acceptors (Lipinski definition) is 4. The van der Waals surface area contributed by atoms with Crippen LogP contribution in [0, 0.1) is 6.92 Å². The van der Waals surface area contributed by atoms with Gasteiger partial charge in [0.05, 0.1) is 19.0 Å². The summed E-state index contributed by atoms with van der Waals surface area (Å²) in [5.74, 6) is -1.55. The molecule has 1 atom stereocenters. The average molecular weight is 490 g/mol. The van der Waals surface area contributed by atoms with Crippen LogP contribution in [0.1, 0.15) is 29.2 Å². The highest BCUT2D eigenvalue weighted by molar-refractivity contribution is 6.35. The predicted octanol–water partition coefficient (Wildman–Crippen LogP) is 4.55. The van der Waals surface area contributed by atoms with Crippen molar-refractivity contribution < 1.29 is 19.8 Å². The molecule has 3 aromatic rings. The number of aromatic nitrogens is 1. The smallest absolute Gasteiger partial charge is 0.319 e. The van der Waals surface area contributed by atoms with E-state index >= 15 is 0 Å². The Morgan fingerprint density at radius 1 is 1.06 bits per heavy atom. The topological polar surface area (TPSA) is 121 Å². The minimum absolute atomic E-state index is 0.0128. The Morgan fingerprint density at radius 2 is 1.70 bits per heavy atom. The number of nitrogens with zero attached hydrogens (tertiary/aromatic N) is 1. The number of carbonyl (C=O) groups is 2. The molecule has 33 heavy (non-hydrogen) atoms. The number of aromatic hydroxyl groups is 1. The summed E-state index contributed by atoms with van der Waals surface area (Å²) in [5, 5.41) is 25.0. The Hall–Kier alpha value is -3.49. The minimum atomic E-state index is -1.11. The van der Waals surface area contributed by atoms with Gasteiger partial charge in [0.1, 0.15) is 5.75 Å². The highest BCUT2D eigenvalue weighted by atomic mass is 35.5. The highest BCUT2D eigenvalue weighted by Crippen LogP contribution is 2.26. The van der Waals surface area contributed by atoms with Crippen molar-refractivity contribution in [1.82, 2.24) is 9.88 Å². The Labute approximate surface area is 199 Å². The number of carboxylic acids is 1. The number of halogens is 2. The molecule has 3 rings (SSSR count). The van der Waals surface area contributed by atoms with E-state index in [4.69, 9.17) is 23.2 Å².